The third-order valence-corrected chi connectivity index (χ3v) is 2.19. The number of rotatable bonds is 2. The SMILES string of the molecule is CCC(C)c1cc(F)ccc1N. The van der Waals surface area contributed by atoms with Crippen molar-refractivity contribution in [2.75, 3.05) is 5.73 Å². The molecule has 0 aliphatic rings. The van der Waals surface area contributed by atoms with Gasteiger partial charge in [0.1, 0.15) is 5.82 Å². The normalized spacial score (nSPS) is 12.9. The highest BCUT2D eigenvalue weighted by Crippen LogP contribution is 2.24. The molecule has 0 spiro atoms. The van der Waals surface area contributed by atoms with E-state index in [1.165, 1.54) is 12.1 Å². The molecule has 0 radical (unpaired) electrons. The predicted molar refractivity (Wildman–Crippen MR) is 49.5 cm³/mol. The molecule has 12 heavy (non-hydrogen) atoms. The number of anilines is 1. The van der Waals surface area contributed by atoms with Crippen LogP contribution in [0.4, 0.5) is 10.1 Å². The average Bonchev–Trinajstić information content (AvgIpc) is 2.08. The number of hydrogen-bond acceptors (Lipinski definition) is 1. The monoisotopic (exact) mass is 167 g/mol. The van der Waals surface area contributed by atoms with Crippen molar-refractivity contribution in [2.24, 2.45) is 0 Å². The van der Waals surface area contributed by atoms with Crippen molar-refractivity contribution < 1.29 is 4.39 Å². The minimum Gasteiger partial charge on any atom is -0.398 e. The third-order valence-electron chi connectivity index (χ3n) is 2.19. The molecule has 0 saturated heterocycles. The average molecular weight is 167 g/mol. The highest BCUT2D eigenvalue weighted by molar-refractivity contribution is 5.48. The Hall–Kier alpha value is -1.05. The molecule has 66 valence electrons. The second-order valence-electron chi connectivity index (χ2n) is 3.08. The number of halogens is 1. The molecule has 2 heteroatoms. The van der Waals surface area contributed by atoms with Crippen molar-refractivity contribution in [1.29, 1.82) is 0 Å². The largest absolute Gasteiger partial charge is 0.398 e. The van der Waals surface area contributed by atoms with E-state index in [4.69, 9.17) is 5.73 Å². The van der Waals surface area contributed by atoms with Crippen molar-refractivity contribution in [3.8, 4) is 0 Å². The Morgan fingerprint density at radius 3 is 2.75 bits per heavy atom. The van der Waals surface area contributed by atoms with Gasteiger partial charge in [-0.1, -0.05) is 13.8 Å². The van der Waals surface area contributed by atoms with Gasteiger partial charge in [0.2, 0.25) is 0 Å². The predicted octanol–water partition coefficient (Wildman–Crippen LogP) is 2.92. The van der Waals surface area contributed by atoms with Crippen LogP contribution in [0.5, 0.6) is 0 Å². The summed E-state index contributed by atoms with van der Waals surface area (Å²) >= 11 is 0. The van der Waals surface area contributed by atoms with Crippen LogP contribution in [-0.4, -0.2) is 0 Å². The van der Waals surface area contributed by atoms with Gasteiger partial charge in [-0.25, -0.2) is 4.39 Å². The number of benzene rings is 1. The van der Waals surface area contributed by atoms with E-state index in [9.17, 15) is 4.39 Å². The maximum absolute atomic E-state index is 12.8. The van der Waals surface area contributed by atoms with Crippen molar-refractivity contribution in [2.45, 2.75) is 26.2 Å². The van der Waals surface area contributed by atoms with Crippen molar-refractivity contribution >= 4 is 5.69 Å². The van der Waals surface area contributed by atoms with Gasteiger partial charge >= 0.3 is 0 Å². The van der Waals surface area contributed by atoms with E-state index in [-0.39, 0.29) is 5.82 Å². The van der Waals surface area contributed by atoms with Gasteiger partial charge in [0.05, 0.1) is 0 Å². The molecule has 0 amide bonds. The molecule has 0 aromatic heterocycles. The lowest BCUT2D eigenvalue weighted by molar-refractivity contribution is 0.620. The van der Waals surface area contributed by atoms with Gasteiger partial charge in [-0.15, -0.1) is 0 Å². The maximum atomic E-state index is 12.8. The van der Waals surface area contributed by atoms with Crippen molar-refractivity contribution in [3.63, 3.8) is 0 Å². The lowest BCUT2D eigenvalue weighted by atomic mass is 9.97. The van der Waals surface area contributed by atoms with E-state index < -0.39 is 0 Å². The first-order valence-electron chi connectivity index (χ1n) is 4.20. The van der Waals surface area contributed by atoms with Crippen molar-refractivity contribution in [1.82, 2.24) is 0 Å². The smallest absolute Gasteiger partial charge is 0.123 e. The Balaban J connectivity index is 3.04. The molecule has 1 aromatic carbocycles. The fourth-order valence-corrected chi connectivity index (χ4v) is 1.19. The van der Waals surface area contributed by atoms with Crippen molar-refractivity contribution in [3.05, 3.63) is 29.6 Å². The maximum Gasteiger partial charge on any atom is 0.123 e. The van der Waals surface area contributed by atoms with Crippen LogP contribution in [0.15, 0.2) is 18.2 Å². The summed E-state index contributed by atoms with van der Waals surface area (Å²) in [6, 6.07) is 4.53. The molecule has 0 aliphatic heterocycles. The van der Waals surface area contributed by atoms with Crippen LogP contribution in [-0.2, 0) is 0 Å². The van der Waals surface area contributed by atoms with Crippen LogP contribution in [0.1, 0.15) is 31.7 Å². The Bertz CT molecular complexity index is 271. The molecular formula is C10H14FN. The highest BCUT2D eigenvalue weighted by atomic mass is 19.1. The Labute approximate surface area is 72.4 Å². The fourth-order valence-electron chi connectivity index (χ4n) is 1.19. The first-order valence-corrected chi connectivity index (χ1v) is 4.20. The fraction of sp³-hybridized carbons (Fsp3) is 0.400. The molecule has 1 unspecified atom stereocenters. The van der Waals surface area contributed by atoms with E-state index in [2.05, 4.69) is 6.92 Å². The second kappa shape index (κ2) is 3.57. The molecule has 1 atom stereocenters. The number of hydrogen-bond donors (Lipinski definition) is 1. The van der Waals surface area contributed by atoms with Gasteiger partial charge in [0.15, 0.2) is 0 Å². The van der Waals surface area contributed by atoms with E-state index >= 15 is 0 Å². The first kappa shape index (κ1) is 9.04. The zero-order valence-corrected chi connectivity index (χ0v) is 7.47. The molecule has 0 saturated carbocycles. The third kappa shape index (κ3) is 1.76. The molecule has 0 aliphatic carbocycles. The van der Waals surface area contributed by atoms with Crippen LogP contribution in [0.2, 0.25) is 0 Å². The minimum absolute atomic E-state index is 0.209. The molecule has 0 fully saturated rings. The van der Waals surface area contributed by atoms with Gasteiger partial charge < -0.3 is 5.73 Å². The summed E-state index contributed by atoms with van der Waals surface area (Å²) in [6.45, 7) is 4.11. The molecule has 0 bridgehead atoms. The van der Waals surface area contributed by atoms with Crippen LogP contribution in [0.25, 0.3) is 0 Å². The molecule has 1 rings (SSSR count). The van der Waals surface area contributed by atoms with Crippen LogP contribution < -0.4 is 5.73 Å². The lowest BCUT2D eigenvalue weighted by Gasteiger charge is -2.11. The zero-order valence-electron chi connectivity index (χ0n) is 7.47. The standard InChI is InChI=1S/C10H14FN/c1-3-7(2)9-6-8(11)4-5-10(9)12/h4-7H,3,12H2,1-2H3. The summed E-state index contributed by atoms with van der Waals surface area (Å²) in [5, 5.41) is 0. The van der Waals surface area contributed by atoms with Crippen LogP contribution >= 0.6 is 0 Å². The summed E-state index contributed by atoms with van der Waals surface area (Å²) < 4.78 is 12.8. The first-order chi connectivity index (χ1) is 5.65. The number of nitrogens with two attached hydrogens (primary N) is 1. The van der Waals surface area contributed by atoms with E-state index in [0.29, 0.717) is 11.6 Å². The minimum atomic E-state index is -0.209. The Morgan fingerprint density at radius 1 is 1.50 bits per heavy atom. The van der Waals surface area contributed by atoms with Gasteiger partial charge in [-0.3, -0.25) is 0 Å². The lowest BCUT2D eigenvalue weighted by Crippen LogP contribution is -1.98. The summed E-state index contributed by atoms with van der Waals surface area (Å²) in [6.07, 6.45) is 0.980. The number of nitrogen functional groups attached to an aromatic ring is 1. The second-order valence-corrected chi connectivity index (χ2v) is 3.08. The topological polar surface area (TPSA) is 26.0 Å². The summed E-state index contributed by atoms with van der Waals surface area (Å²) in [5.41, 5.74) is 7.30. The molecule has 1 aromatic rings. The highest BCUT2D eigenvalue weighted by Gasteiger charge is 2.07. The van der Waals surface area contributed by atoms with Gasteiger partial charge in [0.25, 0.3) is 0 Å². The Kier molecular flexibility index (Phi) is 2.69. The van der Waals surface area contributed by atoms with Crippen LogP contribution in [0.3, 0.4) is 0 Å². The summed E-state index contributed by atoms with van der Waals surface area (Å²) in [5.74, 6) is 0.125. The van der Waals surface area contributed by atoms with E-state index in [0.717, 1.165) is 12.0 Å². The molecule has 2 N–H and O–H groups in total. The van der Waals surface area contributed by atoms with E-state index in [1.807, 2.05) is 6.92 Å². The van der Waals surface area contributed by atoms with Gasteiger partial charge in [-0.2, -0.15) is 0 Å². The summed E-state index contributed by atoms with van der Waals surface area (Å²) in [7, 11) is 0. The zero-order chi connectivity index (χ0) is 9.14. The quantitative estimate of drug-likeness (QED) is 0.673. The van der Waals surface area contributed by atoms with E-state index in [1.54, 1.807) is 6.07 Å². The molecule has 0 heterocycles. The molecular weight excluding hydrogens is 153 g/mol. The van der Waals surface area contributed by atoms with Crippen LogP contribution in [0, 0.1) is 5.82 Å². The molecule has 1 nitrogen and oxygen atoms in total. The van der Waals surface area contributed by atoms with Gasteiger partial charge in [0, 0.05) is 5.69 Å². The van der Waals surface area contributed by atoms with Gasteiger partial charge in [-0.05, 0) is 36.1 Å². The Morgan fingerprint density at radius 2 is 2.17 bits per heavy atom. The summed E-state index contributed by atoms with van der Waals surface area (Å²) in [4.78, 5) is 0.